The van der Waals surface area contributed by atoms with Gasteiger partial charge < -0.3 is 59.0 Å². The second-order valence-electron chi connectivity index (χ2n) is 11.7. The van der Waals surface area contributed by atoms with Crippen LogP contribution in [0.5, 0.6) is 0 Å². The molecule has 3 amide bonds. The molecule has 15 heteroatoms. The molecule has 0 aliphatic carbocycles. The van der Waals surface area contributed by atoms with Crippen LogP contribution in [-0.2, 0) is 60.7 Å². The Kier molecular flexibility index (Phi) is 23.3. The average Bonchev–Trinajstić information content (AvgIpc) is 3.46. The number of aldehydes is 1. The van der Waals surface area contributed by atoms with Gasteiger partial charge in [0.1, 0.15) is 6.29 Å². The number of carbonyl (C=O) groups excluding carboxylic acids is 4. The van der Waals surface area contributed by atoms with Crippen molar-refractivity contribution >= 4 is 34.9 Å². The largest absolute Gasteiger partial charge is 0.379 e. The maximum Gasteiger partial charge on any atom is 0.239 e. The lowest BCUT2D eigenvalue weighted by molar-refractivity contribution is -0.126. The molecular formula is C35H57N5O10. The van der Waals surface area contributed by atoms with Crippen molar-refractivity contribution in [1.82, 2.24) is 25.8 Å². The van der Waals surface area contributed by atoms with Crippen molar-refractivity contribution in [2.24, 2.45) is 5.92 Å². The minimum absolute atomic E-state index is 0.0496. The Balaban J connectivity index is 1.31. The summed E-state index contributed by atoms with van der Waals surface area (Å²) in [5.41, 5.74) is 2.19. The van der Waals surface area contributed by atoms with Crippen LogP contribution < -0.4 is 21.3 Å². The van der Waals surface area contributed by atoms with Crippen LogP contribution >= 0.6 is 0 Å². The predicted octanol–water partition coefficient (Wildman–Crippen LogP) is 0.813. The molecule has 4 N–H and O–H groups in total. The zero-order valence-corrected chi connectivity index (χ0v) is 29.9. The third-order valence-corrected chi connectivity index (χ3v) is 7.36. The van der Waals surface area contributed by atoms with E-state index in [9.17, 15) is 19.2 Å². The van der Waals surface area contributed by atoms with Gasteiger partial charge in [-0.3, -0.25) is 14.4 Å². The number of rotatable bonds is 31. The summed E-state index contributed by atoms with van der Waals surface area (Å²) in [6.07, 6.45) is 1.21. The number of aryl methyl sites for hydroxylation is 1. The molecule has 0 aliphatic rings. The van der Waals surface area contributed by atoms with Crippen molar-refractivity contribution in [3.8, 4) is 0 Å². The standard InChI is InChI=1S/C35H57N5O10/c1-28(2)31(27-41)39-34(43)9-12-45-14-16-47-18-20-49-22-23-50-21-19-48-17-15-46-13-10-37-35(44)26-38-33(42)8-11-40-30(25-36-3)24-29-6-4-5-7-32(29)40/h4-7,24,27-28,31,36H,8-23,25-26H2,1-3H3,(H,37,44)(H,38,42)(H,39,43)/t31-/m1/s1. The van der Waals surface area contributed by atoms with Crippen LogP contribution in [-0.4, -0.2) is 134 Å². The van der Waals surface area contributed by atoms with Gasteiger partial charge in [0.05, 0.1) is 91.9 Å². The summed E-state index contributed by atoms with van der Waals surface area (Å²) in [5.74, 6) is -0.616. The highest BCUT2D eigenvalue weighted by Gasteiger charge is 2.15. The first kappa shape index (κ1) is 42.7. The molecule has 1 atom stereocenters. The number of aromatic nitrogens is 1. The molecule has 2 rings (SSSR count). The number of nitrogens with zero attached hydrogens (tertiary/aromatic N) is 1. The molecule has 0 fully saturated rings. The molecule has 282 valence electrons. The Hall–Kier alpha value is -3.44. The molecular weight excluding hydrogens is 650 g/mol. The number of nitrogens with one attached hydrogen (secondary N) is 4. The number of carbonyl (C=O) groups is 4. The normalized spacial score (nSPS) is 11.9. The van der Waals surface area contributed by atoms with Gasteiger partial charge in [0, 0.05) is 43.7 Å². The Morgan fingerprint density at radius 1 is 0.720 bits per heavy atom. The summed E-state index contributed by atoms with van der Waals surface area (Å²) in [7, 11) is 1.89. The minimum atomic E-state index is -0.475. The Labute approximate surface area is 295 Å². The molecule has 0 unspecified atom stereocenters. The highest BCUT2D eigenvalue weighted by atomic mass is 16.6. The average molecular weight is 708 g/mol. The maximum absolute atomic E-state index is 12.4. The third-order valence-electron chi connectivity index (χ3n) is 7.36. The Morgan fingerprint density at radius 2 is 1.28 bits per heavy atom. The molecule has 50 heavy (non-hydrogen) atoms. The van der Waals surface area contributed by atoms with E-state index in [2.05, 4.69) is 38.0 Å². The predicted molar refractivity (Wildman–Crippen MR) is 188 cm³/mol. The van der Waals surface area contributed by atoms with Gasteiger partial charge in [-0.05, 0) is 30.5 Å². The summed E-state index contributed by atoms with van der Waals surface area (Å²) < 4.78 is 34.8. The van der Waals surface area contributed by atoms with Gasteiger partial charge in [0.25, 0.3) is 0 Å². The number of hydrogen-bond acceptors (Lipinski definition) is 11. The minimum Gasteiger partial charge on any atom is -0.379 e. The van der Waals surface area contributed by atoms with Gasteiger partial charge in [-0.25, -0.2) is 0 Å². The summed E-state index contributed by atoms with van der Waals surface area (Å²) in [4.78, 5) is 47.1. The molecule has 0 radical (unpaired) electrons. The summed E-state index contributed by atoms with van der Waals surface area (Å²) in [6, 6.07) is 9.72. The Bertz CT molecular complexity index is 1240. The maximum atomic E-state index is 12.4. The van der Waals surface area contributed by atoms with Gasteiger partial charge in [0.2, 0.25) is 17.7 Å². The van der Waals surface area contributed by atoms with E-state index in [4.69, 9.17) is 28.4 Å². The second kappa shape index (κ2) is 27.3. The van der Waals surface area contributed by atoms with E-state index in [0.29, 0.717) is 92.3 Å². The molecule has 0 aliphatic heterocycles. The zero-order valence-electron chi connectivity index (χ0n) is 29.9. The van der Waals surface area contributed by atoms with E-state index in [0.717, 1.165) is 22.9 Å². The van der Waals surface area contributed by atoms with E-state index in [1.807, 2.05) is 39.1 Å². The Morgan fingerprint density at radius 3 is 1.84 bits per heavy atom. The van der Waals surface area contributed by atoms with E-state index < -0.39 is 6.04 Å². The van der Waals surface area contributed by atoms with Gasteiger partial charge in [-0.2, -0.15) is 0 Å². The molecule has 0 saturated heterocycles. The quantitative estimate of drug-likeness (QED) is 0.0645. The van der Waals surface area contributed by atoms with Crippen molar-refractivity contribution in [1.29, 1.82) is 0 Å². The topological polar surface area (TPSA) is 177 Å². The molecule has 2 aromatic rings. The first-order valence-corrected chi connectivity index (χ1v) is 17.3. The smallest absolute Gasteiger partial charge is 0.239 e. The number of ether oxygens (including phenoxy) is 6. The molecule has 0 spiro atoms. The van der Waals surface area contributed by atoms with Crippen molar-refractivity contribution in [3.63, 3.8) is 0 Å². The molecule has 1 heterocycles. The van der Waals surface area contributed by atoms with Gasteiger partial charge in [-0.1, -0.05) is 32.0 Å². The van der Waals surface area contributed by atoms with Crippen LogP contribution in [0, 0.1) is 5.92 Å². The van der Waals surface area contributed by atoms with E-state index in [1.54, 1.807) is 0 Å². The highest BCUT2D eigenvalue weighted by Crippen LogP contribution is 2.20. The van der Waals surface area contributed by atoms with Crippen molar-refractivity contribution in [2.45, 2.75) is 45.8 Å². The van der Waals surface area contributed by atoms with Crippen LogP contribution in [0.4, 0.5) is 0 Å². The lowest BCUT2D eigenvalue weighted by atomic mass is 10.1. The van der Waals surface area contributed by atoms with Crippen molar-refractivity contribution < 1.29 is 47.6 Å². The fourth-order valence-corrected chi connectivity index (χ4v) is 4.65. The first-order valence-electron chi connectivity index (χ1n) is 17.3. The van der Waals surface area contributed by atoms with Crippen LogP contribution in [0.3, 0.4) is 0 Å². The van der Waals surface area contributed by atoms with Crippen molar-refractivity contribution in [3.05, 3.63) is 36.0 Å². The van der Waals surface area contributed by atoms with Crippen molar-refractivity contribution in [2.75, 3.05) is 99.4 Å². The molecule has 0 saturated carbocycles. The van der Waals surface area contributed by atoms with Gasteiger partial charge >= 0.3 is 0 Å². The highest BCUT2D eigenvalue weighted by molar-refractivity contribution is 5.85. The van der Waals surface area contributed by atoms with Gasteiger partial charge in [0.15, 0.2) is 0 Å². The van der Waals surface area contributed by atoms with Crippen LogP contribution in [0.25, 0.3) is 10.9 Å². The monoisotopic (exact) mass is 707 g/mol. The third kappa shape index (κ3) is 19.1. The van der Waals surface area contributed by atoms with Crippen LogP contribution in [0.1, 0.15) is 32.4 Å². The number of fused-ring (bicyclic) bond motifs is 1. The zero-order chi connectivity index (χ0) is 36.2. The van der Waals surface area contributed by atoms with E-state index in [-0.39, 0.29) is 49.6 Å². The van der Waals surface area contributed by atoms with E-state index >= 15 is 0 Å². The molecule has 1 aromatic heterocycles. The SMILES string of the molecule is CNCc1cc2ccccc2n1CCC(=O)NCC(=O)NCCOCCOCCOCCOCCOCCOCCC(=O)N[C@H](C=O)C(C)C. The summed E-state index contributed by atoms with van der Waals surface area (Å²) in [6.45, 7) is 9.98. The molecule has 0 bridgehead atoms. The summed E-state index contributed by atoms with van der Waals surface area (Å²) in [5, 5.41) is 12.4. The van der Waals surface area contributed by atoms with E-state index in [1.165, 1.54) is 0 Å². The molecule has 15 nitrogen and oxygen atoms in total. The fourth-order valence-electron chi connectivity index (χ4n) is 4.65. The lowest BCUT2D eigenvalue weighted by Gasteiger charge is -2.16. The van der Waals surface area contributed by atoms with Crippen LogP contribution in [0.2, 0.25) is 0 Å². The number of benzene rings is 1. The number of hydrogen-bond donors (Lipinski definition) is 4. The number of para-hydroxylation sites is 1. The lowest BCUT2D eigenvalue weighted by Crippen LogP contribution is -2.40. The second-order valence-corrected chi connectivity index (χ2v) is 11.7. The summed E-state index contributed by atoms with van der Waals surface area (Å²) >= 11 is 0. The first-order chi connectivity index (χ1) is 24.3. The molecule has 1 aromatic carbocycles. The van der Waals surface area contributed by atoms with Gasteiger partial charge in [-0.15, -0.1) is 0 Å². The number of amides is 3. The fraction of sp³-hybridized carbons (Fsp3) is 0.657. The van der Waals surface area contributed by atoms with Crippen LogP contribution in [0.15, 0.2) is 30.3 Å².